The minimum Gasteiger partial charge on any atom is -0.497 e. The van der Waals surface area contributed by atoms with E-state index in [2.05, 4.69) is 22.0 Å². The third-order valence-corrected chi connectivity index (χ3v) is 5.43. The highest BCUT2D eigenvalue weighted by Gasteiger charge is 2.22. The summed E-state index contributed by atoms with van der Waals surface area (Å²) in [4.78, 5) is 23.9. The molecule has 6 heteroatoms. The number of rotatable bonds is 5. The maximum Gasteiger partial charge on any atom is 0.340 e. The van der Waals surface area contributed by atoms with Gasteiger partial charge in [-0.25, -0.2) is 4.79 Å². The van der Waals surface area contributed by atoms with Gasteiger partial charge >= 0.3 is 5.97 Å². The molecule has 1 aliphatic rings. The molecule has 3 heterocycles. The Labute approximate surface area is 176 Å². The Bertz CT molecular complexity index is 1040. The molecule has 0 saturated carbocycles. The number of carbonyl (C=O) groups excluding carboxylic acids is 1. The standard InChI is InChI=1S/C24H25N3O3/c1-29-20-7-3-5-17(13-20)16-27-11-8-18-14-21(24(28)30-2)23(26-22(18)9-12-27)19-6-4-10-25-15-19/h3-7,10,13-15H,8-9,11-12,16H2,1-2H3. The number of carbonyl (C=O) groups is 1. The van der Waals surface area contributed by atoms with Crippen molar-refractivity contribution in [3.8, 4) is 17.0 Å². The van der Waals surface area contributed by atoms with E-state index in [0.717, 1.165) is 55.0 Å². The van der Waals surface area contributed by atoms with Crippen molar-refractivity contribution in [1.82, 2.24) is 14.9 Å². The largest absolute Gasteiger partial charge is 0.497 e. The van der Waals surface area contributed by atoms with E-state index in [9.17, 15) is 4.79 Å². The Kier molecular flexibility index (Phi) is 6.05. The van der Waals surface area contributed by atoms with E-state index < -0.39 is 0 Å². The van der Waals surface area contributed by atoms with Crippen molar-refractivity contribution in [3.63, 3.8) is 0 Å². The molecule has 0 aliphatic carbocycles. The smallest absolute Gasteiger partial charge is 0.340 e. The first-order valence-corrected chi connectivity index (χ1v) is 10.0. The number of hydrogen-bond donors (Lipinski definition) is 0. The fraction of sp³-hybridized carbons (Fsp3) is 0.292. The molecule has 1 aliphatic heterocycles. The number of esters is 1. The molecule has 4 rings (SSSR count). The van der Waals surface area contributed by atoms with Crippen molar-refractivity contribution in [3.05, 3.63) is 77.2 Å². The highest BCUT2D eigenvalue weighted by molar-refractivity contribution is 5.96. The van der Waals surface area contributed by atoms with Crippen LogP contribution in [0.3, 0.4) is 0 Å². The van der Waals surface area contributed by atoms with Crippen molar-refractivity contribution >= 4 is 5.97 Å². The summed E-state index contributed by atoms with van der Waals surface area (Å²) in [5.74, 6) is 0.498. The van der Waals surface area contributed by atoms with Crippen LogP contribution in [0.4, 0.5) is 0 Å². The Morgan fingerprint density at radius 2 is 1.97 bits per heavy atom. The number of pyridine rings is 2. The highest BCUT2D eigenvalue weighted by Crippen LogP contribution is 2.27. The molecule has 6 nitrogen and oxygen atoms in total. The van der Waals surface area contributed by atoms with Crippen LogP contribution in [0.5, 0.6) is 5.75 Å². The van der Waals surface area contributed by atoms with E-state index in [1.54, 1.807) is 19.5 Å². The first-order valence-electron chi connectivity index (χ1n) is 10.0. The number of fused-ring (bicyclic) bond motifs is 1. The molecule has 0 saturated heterocycles. The second-order valence-corrected chi connectivity index (χ2v) is 7.35. The predicted octanol–water partition coefficient (Wildman–Crippen LogP) is 3.54. The zero-order chi connectivity index (χ0) is 20.9. The average Bonchev–Trinajstić information content (AvgIpc) is 3.00. The lowest BCUT2D eigenvalue weighted by atomic mass is 10.0. The van der Waals surface area contributed by atoms with Gasteiger partial charge in [0.2, 0.25) is 0 Å². The molecule has 3 aromatic rings. The van der Waals surface area contributed by atoms with Crippen LogP contribution in [0.15, 0.2) is 54.9 Å². The molecule has 1 aromatic carbocycles. The Balaban J connectivity index is 1.60. The van der Waals surface area contributed by atoms with Crippen LogP contribution in [0.1, 0.15) is 27.2 Å². The first-order chi connectivity index (χ1) is 14.7. The van der Waals surface area contributed by atoms with Crippen molar-refractivity contribution in [1.29, 1.82) is 0 Å². The highest BCUT2D eigenvalue weighted by atomic mass is 16.5. The summed E-state index contributed by atoms with van der Waals surface area (Å²) in [6.07, 6.45) is 5.10. The molecule has 0 bridgehead atoms. The molecule has 0 fully saturated rings. The summed E-state index contributed by atoms with van der Waals surface area (Å²) < 4.78 is 10.4. The zero-order valence-corrected chi connectivity index (χ0v) is 17.3. The minimum absolute atomic E-state index is 0.373. The van der Waals surface area contributed by atoms with Crippen LogP contribution in [0.25, 0.3) is 11.3 Å². The monoisotopic (exact) mass is 403 g/mol. The number of aromatic nitrogens is 2. The zero-order valence-electron chi connectivity index (χ0n) is 17.3. The van der Waals surface area contributed by atoms with E-state index in [4.69, 9.17) is 14.5 Å². The topological polar surface area (TPSA) is 64.5 Å². The lowest BCUT2D eigenvalue weighted by Crippen LogP contribution is -2.25. The van der Waals surface area contributed by atoms with Gasteiger partial charge in [0, 0.05) is 49.7 Å². The van der Waals surface area contributed by atoms with Gasteiger partial charge in [-0.3, -0.25) is 14.9 Å². The van der Waals surface area contributed by atoms with Gasteiger partial charge in [0.15, 0.2) is 0 Å². The van der Waals surface area contributed by atoms with Crippen molar-refractivity contribution in [2.24, 2.45) is 0 Å². The first kappa shape index (κ1) is 20.0. The molecule has 154 valence electrons. The van der Waals surface area contributed by atoms with Gasteiger partial charge in [0.1, 0.15) is 5.75 Å². The SMILES string of the molecule is COC(=O)c1cc2c(nc1-c1cccnc1)CCN(Cc1cccc(OC)c1)CC2. The summed E-state index contributed by atoms with van der Waals surface area (Å²) in [5, 5.41) is 0. The normalized spacial score (nSPS) is 13.9. The van der Waals surface area contributed by atoms with Gasteiger partial charge in [0.25, 0.3) is 0 Å². The van der Waals surface area contributed by atoms with Gasteiger partial charge in [0.05, 0.1) is 25.5 Å². The van der Waals surface area contributed by atoms with Gasteiger partial charge < -0.3 is 9.47 Å². The molecule has 0 amide bonds. The summed E-state index contributed by atoms with van der Waals surface area (Å²) >= 11 is 0. The van der Waals surface area contributed by atoms with E-state index in [1.165, 1.54) is 12.7 Å². The van der Waals surface area contributed by atoms with Crippen LogP contribution < -0.4 is 4.74 Å². The van der Waals surface area contributed by atoms with E-state index in [0.29, 0.717) is 11.3 Å². The minimum atomic E-state index is -0.373. The summed E-state index contributed by atoms with van der Waals surface area (Å²) in [6, 6.07) is 13.9. The van der Waals surface area contributed by atoms with Crippen LogP contribution in [0, 0.1) is 0 Å². The van der Waals surface area contributed by atoms with Crippen LogP contribution in [0.2, 0.25) is 0 Å². The van der Waals surface area contributed by atoms with Crippen LogP contribution in [-0.2, 0) is 24.1 Å². The number of methoxy groups -OCH3 is 2. The summed E-state index contributed by atoms with van der Waals surface area (Å²) in [7, 11) is 3.09. The average molecular weight is 403 g/mol. The lowest BCUT2D eigenvalue weighted by molar-refractivity contribution is 0.0601. The van der Waals surface area contributed by atoms with Crippen molar-refractivity contribution < 1.29 is 14.3 Å². The van der Waals surface area contributed by atoms with E-state index in [-0.39, 0.29) is 5.97 Å². The second kappa shape index (κ2) is 9.05. The van der Waals surface area contributed by atoms with Gasteiger partial charge in [-0.05, 0) is 47.9 Å². The number of hydrogen-bond acceptors (Lipinski definition) is 6. The van der Waals surface area contributed by atoms with E-state index in [1.807, 2.05) is 30.3 Å². The predicted molar refractivity (Wildman–Crippen MR) is 114 cm³/mol. The van der Waals surface area contributed by atoms with Gasteiger partial charge in [-0.1, -0.05) is 12.1 Å². The number of ether oxygens (including phenoxy) is 2. The van der Waals surface area contributed by atoms with E-state index >= 15 is 0 Å². The Morgan fingerprint density at radius 1 is 1.10 bits per heavy atom. The summed E-state index contributed by atoms with van der Waals surface area (Å²) in [5.41, 5.74) is 5.31. The fourth-order valence-corrected chi connectivity index (χ4v) is 3.86. The van der Waals surface area contributed by atoms with Crippen molar-refractivity contribution in [2.75, 3.05) is 27.3 Å². The molecule has 0 unspecified atom stereocenters. The maximum atomic E-state index is 12.4. The quantitative estimate of drug-likeness (QED) is 0.607. The van der Waals surface area contributed by atoms with Gasteiger partial charge in [-0.15, -0.1) is 0 Å². The third-order valence-electron chi connectivity index (χ3n) is 5.43. The van der Waals surface area contributed by atoms with Crippen LogP contribution in [-0.4, -0.2) is 48.1 Å². The fourth-order valence-electron chi connectivity index (χ4n) is 3.86. The molecule has 0 spiro atoms. The van der Waals surface area contributed by atoms with Crippen molar-refractivity contribution in [2.45, 2.75) is 19.4 Å². The number of nitrogens with zero attached hydrogens (tertiary/aromatic N) is 3. The molecule has 30 heavy (non-hydrogen) atoms. The lowest BCUT2D eigenvalue weighted by Gasteiger charge is -2.19. The molecule has 0 radical (unpaired) electrons. The maximum absolute atomic E-state index is 12.4. The van der Waals surface area contributed by atoms with Crippen LogP contribution >= 0.6 is 0 Å². The molecule has 0 N–H and O–H groups in total. The number of benzene rings is 1. The Hall–Kier alpha value is -3.25. The molecule has 2 aromatic heterocycles. The molecule has 0 atom stereocenters. The second-order valence-electron chi connectivity index (χ2n) is 7.35. The van der Waals surface area contributed by atoms with Gasteiger partial charge in [-0.2, -0.15) is 0 Å². The third kappa shape index (κ3) is 4.33. The summed E-state index contributed by atoms with van der Waals surface area (Å²) in [6.45, 7) is 2.66. The Morgan fingerprint density at radius 3 is 2.73 bits per heavy atom. The molecular formula is C24H25N3O3. The molecular weight excluding hydrogens is 378 g/mol.